The van der Waals surface area contributed by atoms with Gasteiger partial charge in [0.2, 0.25) is 0 Å². The summed E-state index contributed by atoms with van der Waals surface area (Å²) >= 11 is 0. The molecule has 1 rings (SSSR count). The molecule has 0 aliphatic carbocycles. The first-order valence-electron chi connectivity index (χ1n) is 10.4. The molecule has 1 aromatic carbocycles. The number of hydrogen-bond donors (Lipinski definition) is 0. The molecule has 0 saturated heterocycles. The molecule has 0 saturated carbocycles. The number of aryl methyl sites for hydroxylation is 1. The molecule has 1 unspecified atom stereocenters. The van der Waals surface area contributed by atoms with E-state index in [2.05, 4.69) is 20.8 Å². The Bertz CT molecular complexity index is 499. The quantitative estimate of drug-likeness (QED) is 0.309. The van der Waals surface area contributed by atoms with Crippen LogP contribution in [0.1, 0.15) is 90.5 Å². The highest BCUT2D eigenvalue weighted by atomic mass is 19.1. The van der Waals surface area contributed by atoms with Gasteiger partial charge in [0.05, 0.1) is 5.60 Å². The van der Waals surface area contributed by atoms with E-state index in [9.17, 15) is 8.78 Å². The summed E-state index contributed by atoms with van der Waals surface area (Å²) in [7, 11) is 1.79. The van der Waals surface area contributed by atoms with E-state index < -0.39 is 11.6 Å². The van der Waals surface area contributed by atoms with Crippen LogP contribution in [-0.4, -0.2) is 12.7 Å². The Morgan fingerprint density at radius 1 is 0.923 bits per heavy atom. The molecule has 0 bridgehead atoms. The third kappa shape index (κ3) is 8.62. The van der Waals surface area contributed by atoms with Crippen LogP contribution in [0, 0.1) is 17.6 Å². The largest absolute Gasteiger partial charge is 0.379 e. The molecular weight excluding hydrogens is 330 g/mol. The number of methoxy groups -OCH3 is 1. The summed E-state index contributed by atoms with van der Waals surface area (Å²) in [5, 5.41) is 0. The number of halogens is 2. The van der Waals surface area contributed by atoms with E-state index in [1.165, 1.54) is 51.0 Å². The van der Waals surface area contributed by atoms with Gasteiger partial charge < -0.3 is 4.74 Å². The molecule has 150 valence electrons. The van der Waals surface area contributed by atoms with E-state index in [4.69, 9.17) is 4.74 Å². The van der Waals surface area contributed by atoms with Crippen molar-refractivity contribution in [2.24, 2.45) is 5.92 Å². The smallest absolute Gasteiger partial charge is 0.129 e. The van der Waals surface area contributed by atoms with E-state index in [1.807, 2.05) is 0 Å². The molecule has 0 amide bonds. The minimum atomic E-state index is -0.507. The van der Waals surface area contributed by atoms with Gasteiger partial charge in [0.1, 0.15) is 11.6 Å². The van der Waals surface area contributed by atoms with Gasteiger partial charge in [-0.2, -0.15) is 0 Å². The molecule has 0 heterocycles. The van der Waals surface area contributed by atoms with Crippen molar-refractivity contribution in [3.05, 3.63) is 35.4 Å². The highest BCUT2D eigenvalue weighted by molar-refractivity contribution is 5.18. The maximum absolute atomic E-state index is 13.7. The molecule has 26 heavy (non-hydrogen) atoms. The lowest BCUT2D eigenvalue weighted by molar-refractivity contribution is -0.0352. The fraction of sp³-hybridized carbons (Fsp3) is 0.739. The molecule has 0 N–H and O–H groups in total. The van der Waals surface area contributed by atoms with Gasteiger partial charge in [0.25, 0.3) is 0 Å². The van der Waals surface area contributed by atoms with Crippen LogP contribution >= 0.6 is 0 Å². The number of ether oxygens (including phenoxy) is 1. The van der Waals surface area contributed by atoms with Gasteiger partial charge in [-0.15, -0.1) is 0 Å². The van der Waals surface area contributed by atoms with Crippen molar-refractivity contribution in [3.63, 3.8) is 0 Å². The second-order valence-electron chi connectivity index (χ2n) is 8.04. The summed E-state index contributed by atoms with van der Waals surface area (Å²) in [5.41, 5.74) is 0.495. The number of rotatable bonds is 14. The average Bonchev–Trinajstić information content (AvgIpc) is 2.61. The Morgan fingerprint density at radius 2 is 1.54 bits per heavy atom. The first-order chi connectivity index (χ1) is 12.4. The van der Waals surface area contributed by atoms with E-state index in [0.29, 0.717) is 17.9 Å². The summed E-state index contributed by atoms with van der Waals surface area (Å²) in [5.74, 6) is -0.408. The second kappa shape index (κ2) is 12.4. The van der Waals surface area contributed by atoms with Gasteiger partial charge >= 0.3 is 0 Å². The molecule has 0 aliphatic rings. The fourth-order valence-corrected chi connectivity index (χ4v) is 3.61. The average molecular weight is 369 g/mol. The monoisotopic (exact) mass is 368 g/mol. The van der Waals surface area contributed by atoms with Gasteiger partial charge in [-0.1, -0.05) is 57.9 Å². The van der Waals surface area contributed by atoms with E-state index in [0.717, 1.165) is 25.3 Å². The summed E-state index contributed by atoms with van der Waals surface area (Å²) in [6, 6.07) is 3.88. The van der Waals surface area contributed by atoms with Crippen LogP contribution in [0.4, 0.5) is 8.78 Å². The molecule has 0 radical (unpaired) electrons. The van der Waals surface area contributed by atoms with E-state index >= 15 is 0 Å². The second-order valence-corrected chi connectivity index (χ2v) is 8.04. The van der Waals surface area contributed by atoms with Crippen molar-refractivity contribution in [2.45, 2.75) is 97.0 Å². The Balaban J connectivity index is 2.38. The Hall–Kier alpha value is -0.960. The first kappa shape index (κ1) is 23.1. The SMILES string of the molecule is CCCCCCCCC(CCCCc1ccc(F)cc1F)C(C)(C)OC. The lowest BCUT2D eigenvalue weighted by Crippen LogP contribution is -2.33. The van der Waals surface area contributed by atoms with E-state index in [1.54, 1.807) is 13.2 Å². The predicted molar refractivity (Wildman–Crippen MR) is 106 cm³/mol. The van der Waals surface area contributed by atoms with Crippen molar-refractivity contribution < 1.29 is 13.5 Å². The van der Waals surface area contributed by atoms with Gasteiger partial charge in [-0.25, -0.2) is 8.78 Å². The summed E-state index contributed by atoms with van der Waals surface area (Å²) in [4.78, 5) is 0. The standard InChI is InChI=1S/C23H38F2O/c1-5-6-7-8-9-10-14-20(23(2,3)26-4)15-12-11-13-19-16-17-21(24)18-22(19)25/h16-18,20H,5-15H2,1-4H3. The van der Waals surface area contributed by atoms with Gasteiger partial charge in [0.15, 0.2) is 0 Å². The van der Waals surface area contributed by atoms with Crippen molar-refractivity contribution in [1.29, 1.82) is 0 Å². The zero-order chi connectivity index (χ0) is 19.4. The van der Waals surface area contributed by atoms with Gasteiger partial charge in [0, 0.05) is 13.2 Å². The van der Waals surface area contributed by atoms with Crippen LogP contribution in [0.25, 0.3) is 0 Å². The third-order valence-corrected chi connectivity index (χ3v) is 5.68. The molecule has 1 aromatic rings. The molecule has 0 spiro atoms. The van der Waals surface area contributed by atoms with Crippen LogP contribution < -0.4 is 0 Å². The zero-order valence-electron chi connectivity index (χ0n) is 17.3. The number of unbranched alkanes of at least 4 members (excludes halogenated alkanes) is 6. The molecule has 0 fully saturated rings. The van der Waals surface area contributed by atoms with Gasteiger partial charge in [-0.3, -0.25) is 0 Å². The zero-order valence-corrected chi connectivity index (χ0v) is 17.3. The number of hydrogen-bond acceptors (Lipinski definition) is 1. The van der Waals surface area contributed by atoms with Crippen molar-refractivity contribution in [2.75, 3.05) is 7.11 Å². The van der Waals surface area contributed by atoms with Crippen molar-refractivity contribution in [1.82, 2.24) is 0 Å². The van der Waals surface area contributed by atoms with Crippen LogP contribution in [0.2, 0.25) is 0 Å². The molecule has 3 heteroatoms. The van der Waals surface area contributed by atoms with Crippen LogP contribution in [0.15, 0.2) is 18.2 Å². The predicted octanol–water partition coefficient (Wildman–Crippen LogP) is 7.47. The Labute approximate surface area is 159 Å². The lowest BCUT2D eigenvalue weighted by atomic mass is 9.82. The topological polar surface area (TPSA) is 9.23 Å². The molecule has 0 aliphatic heterocycles. The molecule has 1 nitrogen and oxygen atoms in total. The Kier molecular flexibility index (Phi) is 11.0. The first-order valence-corrected chi connectivity index (χ1v) is 10.4. The fourth-order valence-electron chi connectivity index (χ4n) is 3.61. The summed E-state index contributed by atoms with van der Waals surface area (Å²) in [6.45, 7) is 6.59. The minimum absolute atomic E-state index is 0.120. The number of benzene rings is 1. The van der Waals surface area contributed by atoms with Crippen molar-refractivity contribution >= 4 is 0 Å². The summed E-state index contributed by atoms with van der Waals surface area (Å²) in [6.07, 6.45) is 12.8. The highest BCUT2D eigenvalue weighted by Crippen LogP contribution is 2.31. The van der Waals surface area contributed by atoms with Gasteiger partial charge in [-0.05, 0) is 57.1 Å². The molecular formula is C23H38F2O. The minimum Gasteiger partial charge on any atom is -0.379 e. The lowest BCUT2D eigenvalue weighted by Gasteiger charge is -2.33. The summed E-state index contributed by atoms with van der Waals surface area (Å²) < 4.78 is 32.4. The molecule has 0 aromatic heterocycles. The third-order valence-electron chi connectivity index (χ3n) is 5.68. The normalized spacial score (nSPS) is 13.2. The Morgan fingerprint density at radius 3 is 2.15 bits per heavy atom. The van der Waals surface area contributed by atoms with Crippen LogP contribution in [0.3, 0.4) is 0 Å². The van der Waals surface area contributed by atoms with Crippen LogP contribution in [0.5, 0.6) is 0 Å². The molecule has 1 atom stereocenters. The van der Waals surface area contributed by atoms with Crippen LogP contribution in [-0.2, 0) is 11.2 Å². The van der Waals surface area contributed by atoms with E-state index in [-0.39, 0.29) is 5.60 Å². The van der Waals surface area contributed by atoms with Crippen molar-refractivity contribution in [3.8, 4) is 0 Å². The maximum atomic E-state index is 13.7. The maximum Gasteiger partial charge on any atom is 0.129 e. The highest BCUT2D eigenvalue weighted by Gasteiger charge is 2.28.